The van der Waals surface area contributed by atoms with Crippen molar-refractivity contribution in [3.63, 3.8) is 0 Å². The Bertz CT molecular complexity index is 169. The van der Waals surface area contributed by atoms with E-state index in [9.17, 15) is 5.11 Å². The van der Waals surface area contributed by atoms with Gasteiger partial charge in [-0.3, -0.25) is 0 Å². The summed E-state index contributed by atoms with van der Waals surface area (Å²) in [5.74, 6) is 6.02. The second-order valence-corrected chi connectivity index (χ2v) is 3.50. The van der Waals surface area contributed by atoms with Crippen LogP contribution in [0.4, 0.5) is 0 Å². The van der Waals surface area contributed by atoms with Crippen LogP contribution in [0.5, 0.6) is 0 Å². The summed E-state index contributed by atoms with van der Waals surface area (Å²) < 4.78 is 0. The van der Waals surface area contributed by atoms with Crippen LogP contribution < -0.4 is 0 Å². The van der Waals surface area contributed by atoms with Crippen molar-refractivity contribution in [2.75, 3.05) is 0 Å². The normalized spacial score (nSPS) is 10.8. The molecule has 0 aliphatic rings. The predicted octanol–water partition coefficient (Wildman–Crippen LogP) is 3.12. The molecule has 0 heterocycles. The SMILES string of the molecule is CCCCCC#CC(O)(CC)CC. The summed E-state index contributed by atoms with van der Waals surface area (Å²) in [6.07, 6.45) is 6.01. The standard InChI is InChI=1S/C12H22O/c1-4-7-8-9-10-11-12(13,5-2)6-3/h13H,4-9H2,1-3H3. The van der Waals surface area contributed by atoms with Crippen LogP contribution in [0.3, 0.4) is 0 Å². The van der Waals surface area contributed by atoms with E-state index >= 15 is 0 Å². The molecule has 0 rings (SSSR count). The molecule has 0 aliphatic heterocycles. The summed E-state index contributed by atoms with van der Waals surface area (Å²) in [6, 6.07) is 0. The van der Waals surface area contributed by atoms with E-state index in [0.29, 0.717) is 0 Å². The summed E-state index contributed by atoms with van der Waals surface area (Å²) in [7, 11) is 0. The first-order valence-electron chi connectivity index (χ1n) is 5.41. The van der Waals surface area contributed by atoms with Crippen molar-refractivity contribution in [1.29, 1.82) is 0 Å². The minimum atomic E-state index is -0.730. The summed E-state index contributed by atoms with van der Waals surface area (Å²) >= 11 is 0. The molecule has 0 saturated carbocycles. The summed E-state index contributed by atoms with van der Waals surface area (Å²) in [5, 5.41) is 9.81. The molecule has 1 N–H and O–H groups in total. The van der Waals surface area contributed by atoms with Crippen LogP contribution in [0.2, 0.25) is 0 Å². The van der Waals surface area contributed by atoms with Crippen molar-refractivity contribution in [2.24, 2.45) is 0 Å². The summed E-state index contributed by atoms with van der Waals surface area (Å²) in [4.78, 5) is 0. The van der Waals surface area contributed by atoms with E-state index in [4.69, 9.17) is 0 Å². The molecule has 0 saturated heterocycles. The molecule has 13 heavy (non-hydrogen) atoms. The minimum Gasteiger partial charge on any atom is -0.378 e. The molecule has 0 aliphatic carbocycles. The van der Waals surface area contributed by atoms with Gasteiger partial charge < -0.3 is 5.11 Å². The fraction of sp³-hybridized carbons (Fsp3) is 0.833. The van der Waals surface area contributed by atoms with Gasteiger partial charge in [0.2, 0.25) is 0 Å². The van der Waals surface area contributed by atoms with E-state index in [1.165, 1.54) is 12.8 Å². The molecule has 76 valence electrons. The molecule has 0 radical (unpaired) electrons. The Kier molecular flexibility index (Phi) is 6.72. The molecule has 0 fully saturated rings. The average molecular weight is 182 g/mol. The largest absolute Gasteiger partial charge is 0.378 e. The van der Waals surface area contributed by atoms with Gasteiger partial charge in [-0.2, -0.15) is 0 Å². The molecule has 0 aromatic heterocycles. The molecule has 0 atom stereocenters. The Hall–Kier alpha value is -0.480. The second kappa shape index (κ2) is 6.97. The fourth-order valence-electron chi connectivity index (χ4n) is 1.12. The lowest BCUT2D eigenvalue weighted by Gasteiger charge is -2.16. The number of aliphatic hydroxyl groups is 1. The topological polar surface area (TPSA) is 20.2 Å². The lowest BCUT2D eigenvalue weighted by Crippen LogP contribution is -2.23. The molecular formula is C12H22O. The first-order valence-corrected chi connectivity index (χ1v) is 5.41. The highest BCUT2D eigenvalue weighted by Crippen LogP contribution is 2.12. The van der Waals surface area contributed by atoms with Gasteiger partial charge in [-0.05, 0) is 19.3 Å². The molecule has 0 aromatic rings. The lowest BCUT2D eigenvalue weighted by molar-refractivity contribution is 0.0930. The zero-order valence-electron chi connectivity index (χ0n) is 9.19. The van der Waals surface area contributed by atoms with Crippen molar-refractivity contribution in [1.82, 2.24) is 0 Å². The van der Waals surface area contributed by atoms with Crippen molar-refractivity contribution in [2.45, 2.75) is 64.9 Å². The van der Waals surface area contributed by atoms with Crippen LogP contribution in [0.15, 0.2) is 0 Å². The number of hydrogen-bond donors (Lipinski definition) is 1. The van der Waals surface area contributed by atoms with Gasteiger partial charge in [0, 0.05) is 6.42 Å². The van der Waals surface area contributed by atoms with Crippen LogP contribution in [0.1, 0.15) is 59.3 Å². The lowest BCUT2D eigenvalue weighted by atomic mass is 9.98. The first-order chi connectivity index (χ1) is 6.18. The van der Waals surface area contributed by atoms with Gasteiger partial charge in [0.05, 0.1) is 0 Å². The van der Waals surface area contributed by atoms with Gasteiger partial charge in [-0.15, -0.1) is 5.92 Å². The first kappa shape index (κ1) is 12.5. The van der Waals surface area contributed by atoms with Gasteiger partial charge in [-0.1, -0.05) is 39.5 Å². The Morgan fingerprint density at radius 2 is 1.69 bits per heavy atom. The highest BCUT2D eigenvalue weighted by Gasteiger charge is 2.17. The fourth-order valence-corrected chi connectivity index (χ4v) is 1.12. The number of unbranched alkanes of at least 4 members (excludes halogenated alkanes) is 3. The van der Waals surface area contributed by atoms with Crippen molar-refractivity contribution < 1.29 is 5.11 Å². The Morgan fingerprint density at radius 1 is 1.08 bits per heavy atom. The van der Waals surface area contributed by atoms with E-state index in [1.807, 2.05) is 13.8 Å². The Morgan fingerprint density at radius 3 is 2.15 bits per heavy atom. The highest BCUT2D eigenvalue weighted by molar-refractivity contribution is 5.12. The molecule has 0 spiro atoms. The van der Waals surface area contributed by atoms with Crippen molar-refractivity contribution in [3.8, 4) is 11.8 Å². The number of hydrogen-bond acceptors (Lipinski definition) is 1. The van der Waals surface area contributed by atoms with Crippen LogP contribution >= 0.6 is 0 Å². The van der Waals surface area contributed by atoms with Crippen molar-refractivity contribution in [3.05, 3.63) is 0 Å². The van der Waals surface area contributed by atoms with Gasteiger partial charge in [0.1, 0.15) is 5.60 Å². The molecule has 0 amide bonds. The van der Waals surface area contributed by atoms with Gasteiger partial charge >= 0.3 is 0 Å². The third kappa shape index (κ3) is 5.71. The van der Waals surface area contributed by atoms with E-state index in [1.54, 1.807) is 0 Å². The molecule has 0 unspecified atom stereocenters. The third-order valence-corrected chi connectivity index (χ3v) is 2.40. The van der Waals surface area contributed by atoms with Crippen LogP contribution in [-0.2, 0) is 0 Å². The maximum Gasteiger partial charge on any atom is 0.125 e. The maximum atomic E-state index is 9.81. The zero-order chi connectivity index (χ0) is 10.2. The molecule has 0 aromatic carbocycles. The van der Waals surface area contributed by atoms with Gasteiger partial charge in [0.15, 0.2) is 0 Å². The van der Waals surface area contributed by atoms with E-state index in [0.717, 1.165) is 25.7 Å². The minimum absolute atomic E-state index is 0.726. The van der Waals surface area contributed by atoms with E-state index < -0.39 is 5.60 Å². The van der Waals surface area contributed by atoms with E-state index in [2.05, 4.69) is 18.8 Å². The predicted molar refractivity (Wildman–Crippen MR) is 57.4 cm³/mol. The smallest absolute Gasteiger partial charge is 0.125 e. The van der Waals surface area contributed by atoms with Gasteiger partial charge in [-0.25, -0.2) is 0 Å². The monoisotopic (exact) mass is 182 g/mol. The third-order valence-electron chi connectivity index (χ3n) is 2.40. The van der Waals surface area contributed by atoms with Gasteiger partial charge in [0.25, 0.3) is 0 Å². The number of rotatable bonds is 5. The van der Waals surface area contributed by atoms with Crippen LogP contribution in [-0.4, -0.2) is 10.7 Å². The summed E-state index contributed by atoms with van der Waals surface area (Å²) in [6.45, 7) is 6.14. The molecular weight excluding hydrogens is 160 g/mol. The molecule has 0 bridgehead atoms. The van der Waals surface area contributed by atoms with E-state index in [-0.39, 0.29) is 0 Å². The molecule has 1 nitrogen and oxygen atoms in total. The maximum absolute atomic E-state index is 9.81. The summed E-state index contributed by atoms with van der Waals surface area (Å²) in [5.41, 5.74) is -0.730. The zero-order valence-corrected chi connectivity index (χ0v) is 9.19. The Balaban J connectivity index is 3.78. The Labute approximate surface area is 82.5 Å². The van der Waals surface area contributed by atoms with Crippen LogP contribution in [0.25, 0.3) is 0 Å². The quantitative estimate of drug-likeness (QED) is 0.511. The van der Waals surface area contributed by atoms with Crippen molar-refractivity contribution >= 4 is 0 Å². The highest BCUT2D eigenvalue weighted by atomic mass is 16.3. The molecule has 1 heteroatoms. The van der Waals surface area contributed by atoms with Crippen LogP contribution in [0, 0.1) is 11.8 Å². The average Bonchev–Trinajstić information content (AvgIpc) is 2.17. The second-order valence-electron chi connectivity index (χ2n) is 3.50.